The Labute approximate surface area is 156 Å². The van der Waals surface area contributed by atoms with Gasteiger partial charge in [-0.3, -0.25) is 4.90 Å². The summed E-state index contributed by atoms with van der Waals surface area (Å²) in [6, 6.07) is 11.4. The van der Waals surface area contributed by atoms with Crippen LogP contribution in [0.25, 0.3) is 0 Å². The van der Waals surface area contributed by atoms with Gasteiger partial charge in [-0.25, -0.2) is 4.79 Å². The summed E-state index contributed by atoms with van der Waals surface area (Å²) in [5.41, 5.74) is 2.87. The smallest absolute Gasteiger partial charge is 0.409 e. The lowest BCUT2D eigenvalue weighted by atomic mass is 9.99. The molecule has 1 aromatic carbocycles. The van der Waals surface area contributed by atoms with Gasteiger partial charge in [0.2, 0.25) is 0 Å². The van der Waals surface area contributed by atoms with E-state index in [2.05, 4.69) is 40.6 Å². The highest BCUT2D eigenvalue weighted by Crippen LogP contribution is 2.45. The van der Waals surface area contributed by atoms with Crippen LogP contribution in [0.15, 0.2) is 44.8 Å². The van der Waals surface area contributed by atoms with Gasteiger partial charge in [-0.15, -0.1) is 11.3 Å². The summed E-state index contributed by atoms with van der Waals surface area (Å²) >= 11 is 3.73. The van der Waals surface area contributed by atoms with Gasteiger partial charge in [0, 0.05) is 37.1 Å². The number of rotatable bonds is 2. The topological polar surface area (TPSA) is 32.8 Å². The number of fused-ring (bicyclic) bond motifs is 2. The highest BCUT2D eigenvalue weighted by molar-refractivity contribution is 8.01. The molecule has 2 aromatic rings. The first kappa shape index (κ1) is 16.9. The van der Waals surface area contributed by atoms with E-state index in [1.54, 1.807) is 0 Å². The number of nitrogens with zero attached hydrogens (tertiary/aromatic N) is 2. The summed E-state index contributed by atoms with van der Waals surface area (Å²) in [5, 5.41) is 2.20. The van der Waals surface area contributed by atoms with E-state index in [9.17, 15) is 4.79 Å². The quantitative estimate of drug-likeness (QED) is 0.786. The lowest BCUT2D eigenvalue weighted by molar-refractivity contribution is 0.0654. The lowest BCUT2D eigenvalue weighted by Crippen LogP contribution is -2.50. The molecular formula is C19H22N2O2S2. The van der Waals surface area contributed by atoms with Crippen molar-refractivity contribution in [3.63, 3.8) is 0 Å². The molecule has 0 spiro atoms. The van der Waals surface area contributed by atoms with Crippen molar-refractivity contribution in [1.29, 1.82) is 0 Å². The van der Waals surface area contributed by atoms with Crippen molar-refractivity contribution in [2.24, 2.45) is 0 Å². The van der Waals surface area contributed by atoms with Crippen LogP contribution < -0.4 is 0 Å². The number of benzene rings is 1. The number of amides is 1. The molecular weight excluding hydrogens is 352 g/mol. The van der Waals surface area contributed by atoms with Crippen LogP contribution in [0.5, 0.6) is 0 Å². The molecule has 1 amide bonds. The fraction of sp³-hybridized carbons (Fsp3) is 0.421. The molecule has 132 valence electrons. The molecule has 2 aliphatic heterocycles. The average molecular weight is 375 g/mol. The van der Waals surface area contributed by atoms with E-state index in [1.165, 1.54) is 20.2 Å². The van der Waals surface area contributed by atoms with E-state index in [-0.39, 0.29) is 6.09 Å². The maximum absolute atomic E-state index is 11.9. The monoisotopic (exact) mass is 374 g/mol. The highest BCUT2D eigenvalue weighted by atomic mass is 32.2. The standard InChI is InChI=1S/C19H22N2O2S2/c1-2-23-19(22)21-10-8-20(9-11-21)16-13-14-5-3-4-6-17(14)25-18-15(16)7-12-24-18/h3-7,12,16H,2,8-11,13H2,1H3. The Balaban J connectivity index is 1.54. The second-order valence-electron chi connectivity index (χ2n) is 6.32. The van der Waals surface area contributed by atoms with Crippen LogP contribution in [0.1, 0.15) is 24.1 Å². The van der Waals surface area contributed by atoms with Gasteiger partial charge in [-0.05, 0) is 42.0 Å². The first-order chi connectivity index (χ1) is 12.3. The zero-order valence-electron chi connectivity index (χ0n) is 14.3. The second-order valence-corrected chi connectivity index (χ2v) is 8.54. The minimum absolute atomic E-state index is 0.180. The van der Waals surface area contributed by atoms with Crippen molar-refractivity contribution >= 4 is 29.2 Å². The molecule has 0 saturated carbocycles. The van der Waals surface area contributed by atoms with E-state index in [0.717, 1.165) is 32.6 Å². The van der Waals surface area contributed by atoms with Crippen molar-refractivity contribution in [2.75, 3.05) is 32.8 Å². The number of carbonyl (C=O) groups is 1. The van der Waals surface area contributed by atoms with Gasteiger partial charge in [0.15, 0.2) is 0 Å². The Hall–Kier alpha value is -1.50. The van der Waals surface area contributed by atoms with Gasteiger partial charge < -0.3 is 9.64 Å². The number of hydrogen-bond donors (Lipinski definition) is 0. The fourth-order valence-electron chi connectivity index (χ4n) is 3.58. The van der Waals surface area contributed by atoms with E-state index in [0.29, 0.717) is 12.6 Å². The van der Waals surface area contributed by atoms with Gasteiger partial charge in [0.25, 0.3) is 0 Å². The summed E-state index contributed by atoms with van der Waals surface area (Å²) in [5.74, 6) is 0. The van der Waals surface area contributed by atoms with Crippen molar-refractivity contribution < 1.29 is 9.53 Å². The Morgan fingerprint density at radius 1 is 1.20 bits per heavy atom. The maximum atomic E-state index is 11.9. The van der Waals surface area contributed by atoms with Crippen LogP contribution in [-0.4, -0.2) is 48.7 Å². The molecule has 0 bridgehead atoms. The second kappa shape index (κ2) is 7.40. The van der Waals surface area contributed by atoms with E-state index in [1.807, 2.05) is 34.9 Å². The molecule has 4 rings (SSSR count). The minimum Gasteiger partial charge on any atom is -0.450 e. The van der Waals surface area contributed by atoms with E-state index < -0.39 is 0 Å². The normalized spacial score (nSPS) is 20.5. The summed E-state index contributed by atoms with van der Waals surface area (Å²) in [4.78, 5) is 17.7. The largest absolute Gasteiger partial charge is 0.450 e. The Bertz CT molecular complexity index is 753. The molecule has 25 heavy (non-hydrogen) atoms. The SMILES string of the molecule is CCOC(=O)N1CCN(C2Cc3ccccc3Sc3sccc32)CC1. The summed E-state index contributed by atoms with van der Waals surface area (Å²) in [6.07, 6.45) is 0.854. The third kappa shape index (κ3) is 3.43. The fourth-order valence-corrected chi connectivity index (χ4v) is 5.84. The Morgan fingerprint density at radius 2 is 2.00 bits per heavy atom. The van der Waals surface area contributed by atoms with Crippen LogP contribution >= 0.6 is 23.1 Å². The van der Waals surface area contributed by atoms with Crippen molar-refractivity contribution in [3.05, 3.63) is 46.8 Å². The van der Waals surface area contributed by atoms with E-state index in [4.69, 9.17) is 4.74 Å². The number of hydrogen-bond acceptors (Lipinski definition) is 5. The lowest BCUT2D eigenvalue weighted by Gasteiger charge is -2.38. The van der Waals surface area contributed by atoms with Crippen LogP contribution in [0.2, 0.25) is 0 Å². The Morgan fingerprint density at radius 3 is 2.80 bits per heavy atom. The third-order valence-corrected chi connectivity index (χ3v) is 7.19. The maximum Gasteiger partial charge on any atom is 0.409 e. The molecule has 2 aliphatic rings. The molecule has 4 nitrogen and oxygen atoms in total. The molecule has 0 radical (unpaired) electrons. The van der Waals surface area contributed by atoms with Crippen molar-refractivity contribution in [1.82, 2.24) is 9.80 Å². The molecule has 1 atom stereocenters. The molecule has 0 N–H and O–H groups in total. The van der Waals surface area contributed by atoms with Gasteiger partial charge in [-0.2, -0.15) is 0 Å². The summed E-state index contributed by atoms with van der Waals surface area (Å²) < 4.78 is 6.54. The van der Waals surface area contributed by atoms with Crippen LogP contribution in [0.4, 0.5) is 4.79 Å². The molecule has 1 saturated heterocycles. The molecule has 1 fully saturated rings. The predicted octanol–water partition coefficient (Wildman–Crippen LogP) is 4.27. The van der Waals surface area contributed by atoms with E-state index >= 15 is 0 Å². The van der Waals surface area contributed by atoms with Crippen LogP contribution in [0.3, 0.4) is 0 Å². The van der Waals surface area contributed by atoms with Crippen molar-refractivity contribution in [2.45, 2.75) is 28.5 Å². The van der Waals surface area contributed by atoms with Crippen LogP contribution in [-0.2, 0) is 11.2 Å². The number of piperazine rings is 1. The highest BCUT2D eigenvalue weighted by Gasteiger charge is 2.31. The first-order valence-electron chi connectivity index (χ1n) is 8.75. The molecule has 6 heteroatoms. The van der Waals surface area contributed by atoms with Gasteiger partial charge in [0.05, 0.1) is 10.8 Å². The van der Waals surface area contributed by atoms with Gasteiger partial charge >= 0.3 is 6.09 Å². The third-order valence-electron chi connectivity index (χ3n) is 4.89. The summed E-state index contributed by atoms with van der Waals surface area (Å²) in [6.45, 7) is 5.56. The molecule has 1 unspecified atom stereocenters. The predicted molar refractivity (Wildman–Crippen MR) is 101 cm³/mol. The van der Waals surface area contributed by atoms with Crippen LogP contribution in [0, 0.1) is 0 Å². The number of carbonyl (C=O) groups excluding carboxylic acids is 1. The van der Waals surface area contributed by atoms with Gasteiger partial charge in [0.1, 0.15) is 0 Å². The first-order valence-corrected chi connectivity index (χ1v) is 10.4. The summed E-state index contributed by atoms with van der Waals surface area (Å²) in [7, 11) is 0. The number of thiophene rings is 1. The average Bonchev–Trinajstić information content (AvgIpc) is 3.03. The Kier molecular flexibility index (Phi) is 5.01. The molecule has 3 heterocycles. The molecule has 0 aliphatic carbocycles. The zero-order valence-corrected chi connectivity index (χ0v) is 15.9. The van der Waals surface area contributed by atoms with Crippen molar-refractivity contribution in [3.8, 4) is 0 Å². The zero-order chi connectivity index (χ0) is 17.2. The number of ether oxygens (including phenoxy) is 1. The minimum atomic E-state index is -0.180. The molecule has 1 aromatic heterocycles. The van der Waals surface area contributed by atoms with Gasteiger partial charge in [-0.1, -0.05) is 30.0 Å².